The number of hydrazine groups is 1. The van der Waals surface area contributed by atoms with E-state index in [0.717, 1.165) is 18.7 Å². The maximum absolute atomic E-state index is 11.0. The normalized spacial score (nSPS) is 16.9. The molecule has 1 aliphatic rings. The smallest absolute Gasteiger partial charge is 0.336 e. The van der Waals surface area contributed by atoms with Gasteiger partial charge >= 0.3 is 5.97 Å². The highest BCUT2D eigenvalue weighted by Crippen LogP contribution is 2.08. The number of nitrogens with one attached hydrogen (secondary N) is 1. The van der Waals surface area contributed by atoms with Crippen LogP contribution in [0.5, 0.6) is 0 Å². The quantitative estimate of drug-likeness (QED) is 0.806. The van der Waals surface area contributed by atoms with Crippen molar-refractivity contribution < 1.29 is 14.6 Å². The van der Waals surface area contributed by atoms with Crippen LogP contribution in [0.4, 0.5) is 0 Å². The van der Waals surface area contributed by atoms with Gasteiger partial charge in [-0.2, -0.15) is 0 Å². The Hall–Kier alpha value is -1.43. The number of morpholine rings is 1. The predicted octanol–water partition coefficient (Wildman–Crippen LogP) is 0.722. The molecule has 1 fully saturated rings. The molecule has 0 spiro atoms. The van der Waals surface area contributed by atoms with Crippen LogP contribution in [-0.4, -0.2) is 42.4 Å². The molecule has 1 aliphatic heterocycles. The average molecular weight is 236 g/mol. The topological polar surface area (TPSA) is 61.8 Å². The molecule has 1 aromatic rings. The highest BCUT2D eigenvalue weighted by Gasteiger charge is 2.12. The Kier molecular flexibility index (Phi) is 4.08. The summed E-state index contributed by atoms with van der Waals surface area (Å²) in [5.41, 5.74) is 4.38. The molecule has 2 N–H and O–H groups in total. The lowest BCUT2D eigenvalue weighted by Crippen LogP contribution is -2.45. The fourth-order valence-corrected chi connectivity index (χ4v) is 1.80. The first kappa shape index (κ1) is 12.0. The number of rotatable bonds is 4. The zero-order valence-corrected chi connectivity index (χ0v) is 9.56. The Morgan fingerprint density at radius 3 is 2.76 bits per heavy atom. The van der Waals surface area contributed by atoms with Crippen molar-refractivity contribution in [1.29, 1.82) is 0 Å². The number of ether oxygens (including phenoxy) is 1. The SMILES string of the molecule is O=C(O)c1ccccc1CNN1CCOCC1. The van der Waals surface area contributed by atoms with Gasteiger partial charge in [0.05, 0.1) is 18.8 Å². The molecular formula is C12H16N2O3. The summed E-state index contributed by atoms with van der Waals surface area (Å²) < 4.78 is 5.24. The number of carbonyl (C=O) groups is 1. The van der Waals surface area contributed by atoms with Crippen LogP contribution in [0.25, 0.3) is 0 Å². The van der Waals surface area contributed by atoms with Gasteiger partial charge < -0.3 is 9.84 Å². The second-order valence-corrected chi connectivity index (χ2v) is 3.90. The van der Waals surface area contributed by atoms with Crippen LogP contribution in [0.2, 0.25) is 0 Å². The monoisotopic (exact) mass is 236 g/mol. The first-order valence-corrected chi connectivity index (χ1v) is 5.65. The van der Waals surface area contributed by atoms with Crippen molar-refractivity contribution in [3.63, 3.8) is 0 Å². The Balaban J connectivity index is 1.96. The minimum Gasteiger partial charge on any atom is -0.478 e. The van der Waals surface area contributed by atoms with E-state index in [1.54, 1.807) is 12.1 Å². The van der Waals surface area contributed by atoms with Gasteiger partial charge in [-0.15, -0.1) is 0 Å². The number of hydrogen-bond acceptors (Lipinski definition) is 4. The molecule has 1 heterocycles. The van der Waals surface area contributed by atoms with Gasteiger partial charge in [0.25, 0.3) is 0 Å². The van der Waals surface area contributed by atoms with Gasteiger partial charge in [0.15, 0.2) is 0 Å². The molecule has 1 saturated heterocycles. The van der Waals surface area contributed by atoms with Gasteiger partial charge in [0.1, 0.15) is 0 Å². The number of aromatic carboxylic acids is 1. The molecule has 0 atom stereocenters. The number of nitrogens with zero attached hydrogens (tertiary/aromatic N) is 1. The molecule has 0 aromatic heterocycles. The molecule has 1 aromatic carbocycles. The van der Waals surface area contributed by atoms with Gasteiger partial charge in [-0.25, -0.2) is 9.80 Å². The zero-order valence-electron chi connectivity index (χ0n) is 9.56. The highest BCUT2D eigenvalue weighted by atomic mass is 16.5. The summed E-state index contributed by atoms with van der Waals surface area (Å²) in [6, 6.07) is 7.04. The van der Waals surface area contributed by atoms with E-state index in [2.05, 4.69) is 10.4 Å². The minimum absolute atomic E-state index is 0.355. The van der Waals surface area contributed by atoms with E-state index in [9.17, 15) is 4.79 Å². The zero-order chi connectivity index (χ0) is 12.1. The van der Waals surface area contributed by atoms with Crippen LogP contribution < -0.4 is 5.43 Å². The van der Waals surface area contributed by atoms with Crippen molar-refractivity contribution in [2.75, 3.05) is 26.3 Å². The molecule has 92 valence electrons. The van der Waals surface area contributed by atoms with Crippen LogP contribution in [-0.2, 0) is 11.3 Å². The molecule has 2 rings (SSSR count). The molecule has 0 saturated carbocycles. The predicted molar refractivity (Wildman–Crippen MR) is 62.6 cm³/mol. The lowest BCUT2D eigenvalue weighted by molar-refractivity contribution is 0.0105. The number of carboxylic acid groups (broad SMARTS) is 1. The van der Waals surface area contributed by atoms with Gasteiger partial charge in [0.2, 0.25) is 0 Å². The fourth-order valence-electron chi connectivity index (χ4n) is 1.80. The molecule has 5 nitrogen and oxygen atoms in total. The van der Waals surface area contributed by atoms with Crippen LogP contribution in [0.3, 0.4) is 0 Å². The van der Waals surface area contributed by atoms with E-state index in [0.29, 0.717) is 25.3 Å². The standard InChI is InChI=1S/C12H16N2O3/c15-12(16)11-4-2-1-3-10(11)9-13-14-5-7-17-8-6-14/h1-4,13H,5-9H2,(H,15,16). The van der Waals surface area contributed by atoms with E-state index < -0.39 is 5.97 Å². The summed E-state index contributed by atoms with van der Waals surface area (Å²) in [6.45, 7) is 3.62. The largest absolute Gasteiger partial charge is 0.478 e. The molecule has 0 unspecified atom stereocenters. The Morgan fingerprint density at radius 1 is 1.35 bits per heavy atom. The number of benzene rings is 1. The third-order valence-corrected chi connectivity index (χ3v) is 2.75. The summed E-state index contributed by atoms with van der Waals surface area (Å²) in [7, 11) is 0. The van der Waals surface area contributed by atoms with Crippen LogP contribution >= 0.6 is 0 Å². The maximum Gasteiger partial charge on any atom is 0.336 e. The van der Waals surface area contributed by atoms with Crippen LogP contribution in [0.15, 0.2) is 24.3 Å². The minimum atomic E-state index is -0.885. The van der Waals surface area contributed by atoms with Crippen LogP contribution in [0.1, 0.15) is 15.9 Å². The molecule has 0 radical (unpaired) electrons. The van der Waals surface area contributed by atoms with Crippen LogP contribution in [0, 0.1) is 0 Å². The van der Waals surface area contributed by atoms with Gasteiger partial charge in [-0.05, 0) is 11.6 Å². The lowest BCUT2D eigenvalue weighted by Gasteiger charge is -2.27. The van der Waals surface area contributed by atoms with Crippen molar-refractivity contribution >= 4 is 5.97 Å². The molecule has 5 heteroatoms. The Morgan fingerprint density at radius 2 is 2.06 bits per heavy atom. The third-order valence-electron chi connectivity index (χ3n) is 2.75. The van der Waals surface area contributed by atoms with Gasteiger partial charge in [0, 0.05) is 19.6 Å². The Bertz CT molecular complexity index is 389. The maximum atomic E-state index is 11.0. The number of hydrogen-bond donors (Lipinski definition) is 2. The first-order valence-electron chi connectivity index (χ1n) is 5.65. The summed E-state index contributed by atoms with van der Waals surface area (Å²) >= 11 is 0. The second kappa shape index (κ2) is 5.77. The molecule has 0 amide bonds. The number of carboxylic acids is 1. The highest BCUT2D eigenvalue weighted by molar-refractivity contribution is 5.89. The van der Waals surface area contributed by atoms with Gasteiger partial charge in [-0.3, -0.25) is 5.43 Å². The summed E-state index contributed by atoms with van der Waals surface area (Å²) in [5.74, 6) is -0.885. The second-order valence-electron chi connectivity index (χ2n) is 3.90. The summed E-state index contributed by atoms with van der Waals surface area (Å²) in [5, 5.41) is 11.1. The van der Waals surface area contributed by atoms with Crippen molar-refractivity contribution in [1.82, 2.24) is 10.4 Å². The van der Waals surface area contributed by atoms with Crippen molar-refractivity contribution in [3.05, 3.63) is 35.4 Å². The molecule has 0 bridgehead atoms. The third kappa shape index (κ3) is 3.26. The lowest BCUT2D eigenvalue weighted by atomic mass is 10.1. The van der Waals surface area contributed by atoms with Crippen molar-refractivity contribution in [2.45, 2.75) is 6.54 Å². The van der Waals surface area contributed by atoms with E-state index >= 15 is 0 Å². The molecule has 17 heavy (non-hydrogen) atoms. The van der Waals surface area contributed by atoms with E-state index in [-0.39, 0.29) is 0 Å². The first-order chi connectivity index (χ1) is 8.27. The average Bonchev–Trinajstić information content (AvgIpc) is 2.38. The summed E-state index contributed by atoms with van der Waals surface area (Å²) in [4.78, 5) is 11.0. The van der Waals surface area contributed by atoms with Crippen molar-refractivity contribution in [3.8, 4) is 0 Å². The van der Waals surface area contributed by atoms with E-state index in [1.807, 2.05) is 12.1 Å². The fraction of sp³-hybridized carbons (Fsp3) is 0.417. The Labute approximate surface area is 100.0 Å². The van der Waals surface area contributed by atoms with E-state index in [4.69, 9.17) is 9.84 Å². The van der Waals surface area contributed by atoms with Crippen molar-refractivity contribution in [2.24, 2.45) is 0 Å². The van der Waals surface area contributed by atoms with E-state index in [1.165, 1.54) is 0 Å². The summed E-state index contributed by atoms with van der Waals surface area (Å²) in [6.07, 6.45) is 0. The molecular weight excluding hydrogens is 220 g/mol. The molecule has 0 aliphatic carbocycles. The van der Waals surface area contributed by atoms with Gasteiger partial charge in [-0.1, -0.05) is 18.2 Å².